The summed E-state index contributed by atoms with van der Waals surface area (Å²) in [5.74, 6) is 1.52. The van der Waals surface area contributed by atoms with Crippen molar-refractivity contribution in [2.75, 3.05) is 5.32 Å². The zero-order valence-electron chi connectivity index (χ0n) is 15.0. The predicted octanol–water partition coefficient (Wildman–Crippen LogP) is 3.58. The number of amides is 1. The van der Waals surface area contributed by atoms with Gasteiger partial charge in [0, 0.05) is 24.5 Å². The van der Waals surface area contributed by atoms with Crippen molar-refractivity contribution in [1.82, 2.24) is 14.9 Å². The van der Waals surface area contributed by atoms with Crippen molar-refractivity contribution >= 4 is 11.9 Å². The number of carbonyl (C=O) groups excluding carboxylic acids is 1. The van der Waals surface area contributed by atoms with Crippen LogP contribution in [0.25, 0.3) is 0 Å². The summed E-state index contributed by atoms with van der Waals surface area (Å²) in [7, 11) is 0. The molecule has 0 aliphatic carbocycles. The summed E-state index contributed by atoms with van der Waals surface area (Å²) in [5, 5.41) is 3.12. The Morgan fingerprint density at radius 2 is 1.88 bits per heavy atom. The van der Waals surface area contributed by atoms with Crippen molar-refractivity contribution in [2.24, 2.45) is 5.92 Å². The van der Waals surface area contributed by atoms with Crippen LogP contribution < -0.4 is 5.32 Å². The van der Waals surface area contributed by atoms with E-state index in [1.807, 2.05) is 32.9 Å². The Hall–Kier alpha value is -2.37. The Balaban J connectivity index is 2.20. The first-order valence-corrected chi connectivity index (χ1v) is 8.30. The van der Waals surface area contributed by atoms with Crippen molar-refractivity contribution in [2.45, 2.75) is 53.2 Å². The summed E-state index contributed by atoms with van der Waals surface area (Å²) in [6.07, 6.45) is 4.76. The minimum Gasteiger partial charge on any atom is -0.467 e. The molecule has 1 N–H and O–H groups in total. The fraction of sp³-hybridized carbons (Fsp3) is 0.500. The van der Waals surface area contributed by atoms with Gasteiger partial charge in [0.05, 0.1) is 18.4 Å². The molecule has 0 saturated carbocycles. The number of nitrogens with zero attached hydrogens (tertiary/aromatic N) is 3. The molecular formula is C18H26N4O2. The molecule has 0 aliphatic heterocycles. The lowest BCUT2D eigenvalue weighted by molar-refractivity contribution is 0.0610. The van der Waals surface area contributed by atoms with Crippen molar-refractivity contribution in [3.63, 3.8) is 0 Å². The molecule has 0 aliphatic rings. The second kappa shape index (κ2) is 7.95. The van der Waals surface area contributed by atoms with Gasteiger partial charge in [-0.05, 0) is 38.8 Å². The molecule has 130 valence electrons. The van der Waals surface area contributed by atoms with Crippen LogP contribution in [0.4, 0.5) is 5.95 Å². The Morgan fingerprint density at radius 3 is 2.38 bits per heavy atom. The normalized spacial score (nSPS) is 12.5. The molecule has 0 unspecified atom stereocenters. The highest BCUT2D eigenvalue weighted by molar-refractivity contribution is 5.93. The quantitative estimate of drug-likeness (QED) is 0.840. The number of aromatic nitrogens is 2. The van der Waals surface area contributed by atoms with Crippen molar-refractivity contribution in [1.29, 1.82) is 0 Å². The SMILES string of the molecule is CC(C)Nc1ncc(C(=O)N(Cc2ccco2)[C@@H](C)C(C)C)cn1. The topological polar surface area (TPSA) is 71.3 Å². The third kappa shape index (κ3) is 4.57. The minimum absolute atomic E-state index is 0.0658. The van der Waals surface area contributed by atoms with E-state index in [2.05, 4.69) is 29.1 Å². The van der Waals surface area contributed by atoms with Crippen LogP contribution >= 0.6 is 0 Å². The lowest BCUT2D eigenvalue weighted by Crippen LogP contribution is -2.41. The maximum absolute atomic E-state index is 12.9. The van der Waals surface area contributed by atoms with E-state index in [0.29, 0.717) is 24.0 Å². The Bertz CT molecular complexity index is 636. The monoisotopic (exact) mass is 330 g/mol. The number of rotatable bonds is 7. The molecule has 2 aromatic heterocycles. The van der Waals surface area contributed by atoms with E-state index >= 15 is 0 Å². The number of furan rings is 1. The van der Waals surface area contributed by atoms with Crippen LogP contribution in [0.3, 0.4) is 0 Å². The lowest BCUT2D eigenvalue weighted by atomic mass is 10.0. The molecule has 0 fully saturated rings. The molecule has 2 aromatic rings. The van der Waals surface area contributed by atoms with Crippen LogP contribution in [0.2, 0.25) is 0 Å². The van der Waals surface area contributed by atoms with Crippen LogP contribution in [-0.4, -0.2) is 32.9 Å². The highest BCUT2D eigenvalue weighted by atomic mass is 16.3. The molecule has 0 saturated heterocycles. The smallest absolute Gasteiger partial charge is 0.257 e. The van der Waals surface area contributed by atoms with Gasteiger partial charge in [0.1, 0.15) is 5.76 Å². The first kappa shape index (κ1) is 18.0. The molecule has 0 radical (unpaired) electrons. The molecule has 1 atom stereocenters. The number of carbonyl (C=O) groups is 1. The van der Waals surface area contributed by atoms with Gasteiger partial charge < -0.3 is 14.6 Å². The van der Waals surface area contributed by atoms with E-state index in [9.17, 15) is 4.79 Å². The highest BCUT2D eigenvalue weighted by Crippen LogP contribution is 2.18. The zero-order chi connectivity index (χ0) is 17.7. The van der Waals surface area contributed by atoms with Crippen molar-refractivity contribution in [3.05, 3.63) is 42.1 Å². The van der Waals surface area contributed by atoms with Crippen LogP contribution in [0, 0.1) is 5.92 Å². The lowest BCUT2D eigenvalue weighted by Gasteiger charge is -2.31. The van der Waals surface area contributed by atoms with Crippen molar-refractivity contribution < 1.29 is 9.21 Å². The second-order valence-electron chi connectivity index (χ2n) is 6.59. The van der Waals surface area contributed by atoms with E-state index in [0.717, 1.165) is 5.76 Å². The van der Waals surface area contributed by atoms with Gasteiger partial charge in [-0.1, -0.05) is 13.8 Å². The number of nitrogens with one attached hydrogen (secondary N) is 1. The highest BCUT2D eigenvalue weighted by Gasteiger charge is 2.25. The van der Waals surface area contributed by atoms with E-state index in [-0.39, 0.29) is 18.0 Å². The third-order valence-corrected chi connectivity index (χ3v) is 3.94. The third-order valence-electron chi connectivity index (χ3n) is 3.94. The fourth-order valence-electron chi connectivity index (χ4n) is 2.27. The van der Waals surface area contributed by atoms with Crippen molar-refractivity contribution in [3.8, 4) is 0 Å². The number of anilines is 1. The molecule has 24 heavy (non-hydrogen) atoms. The molecule has 6 nitrogen and oxygen atoms in total. The molecular weight excluding hydrogens is 304 g/mol. The number of hydrogen-bond donors (Lipinski definition) is 1. The van der Waals surface area contributed by atoms with E-state index in [1.165, 1.54) is 0 Å². The summed E-state index contributed by atoms with van der Waals surface area (Å²) in [5.41, 5.74) is 0.475. The first-order valence-electron chi connectivity index (χ1n) is 8.30. The minimum atomic E-state index is -0.0938. The molecule has 0 aromatic carbocycles. The average molecular weight is 330 g/mol. The van der Waals surface area contributed by atoms with Crippen LogP contribution in [0.5, 0.6) is 0 Å². The van der Waals surface area contributed by atoms with Gasteiger partial charge in [0.2, 0.25) is 5.95 Å². The molecule has 1 amide bonds. The molecule has 2 heterocycles. The van der Waals surface area contributed by atoms with Gasteiger partial charge in [-0.2, -0.15) is 0 Å². The Morgan fingerprint density at radius 1 is 1.21 bits per heavy atom. The second-order valence-corrected chi connectivity index (χ2v) is 6.59. The average Bonchev–Trinajstić information content (AvgIpc) is 3.04. The zero-order valence-corrected chi connectivity index (χ0v) is 15.0. The molecule has 0 bridgehead atoms. The predicted molar refractivity (Wildman–Crippen MR) is 93.7 cm³/mol. The van der Waals surface area contributed by atoms with Gasteiger partial charge in [-0.3, -0.25) is 4.79 Å². The Labute approximate surface area is 143 Å². The standard InChI is InChI=1S/C18H26N4O2/c1-12(2)14(5)22(11-16-7-6-8-24-16)17(23)15-9-19-18(20-10-15)21-13(3)4/h6-10,12-14H,11H2,1-5H3,(H,19,20,21)/t14-/m0/s1. The molecule has 6 heteroatoms. The molecule has 2 rings (SSSR count). The van der Waals surface area contributed by atoms with Gasteiger partial charge in [-0.15, -0.1) is 0 Å². The Kier molecular flexibility index (Phi) is 5.95. The van der Waals surface area contributed by atoms with Gasteiger partial charge >= 0.3 is 0 Å². The van der Waals surface area contributed by atoms with E-state index in [4.69, 9.17) is 4.42 Å². The van der Waals surface area contributed by atoms with Gasteiger partial charge in [-0.25, -0.2) is 9.97 Å². The summed E-state index contributed by atoms with van der Waals surface area (Å²) in [6, 6.07) is 4.01. The largest absolute Gasteiger partial charge is 0.467 e. The van der Waals surface area contributed by atoms with Crippen LogP contribution in [0.1, 0.15) is 50.7 Å². The summed E-state index contributed by atoms with van der Waals surface area (Å²) in [6.45, 7) is 10.7. The summed E-state index contributed by atoms with van der Waals surface area (Å²) >= 11 is 0. The molecule has 0 spiro atoms. The summed E-state index contributed by atoms with van der Waals surface area (Å²) in [4.78, 5) is 23.2. The maximum Gasteiger partial charge on any atom is 0.257 e. The summed E-state index contributed by atoms with van der Waals surface area (Å²) < 4.78 is 5.41. The van der Waals surface area contributed by atoms with E-state index < -0.39 is 0 Å². The first-order chi connectivity index (χ1) is 11.4. The van der Waals surface area contributed by atoms with Gasteiger partial charge in [0.15, 0.2) is 0 Å². The van der Waals surface area contributed by atoms with E-state index in [1.54, 1.807) is 23.6 Å². The maximum atomic E-state index is 12.9. The van der Waals surface area contributed by atoms with Crippen LogP contribution in [0.15, 0.2) is 35.2 Å². The van der Waals surface area contributed by atoms with Gasteiger partial charge in [0.25, 0.3) is 5.91 Å². The fourth-order valence-corrected chi connectivity index (χ4v) is 2.27. The number of hydrogen-bond acceptors (Lipinski definition) is 5. The van der Waals surface area contributed by atoms with Crippen LogP contribution in [-0.2, 0) is 6.54 Å².